The first-order valence-electron chi connectivity index (χ1n) is 12.6. The third-order valence-electron chi connectivity index (χ3n) is 6.89. The molecule has 0 bridgehead atoms. The first-order valence-corrected chi connectivity index (χ1v) is 12.6. The van der Waals surface area contributed by atoms with Crippen molar-refractivity contribution in [3.8, 4) is 5.75 Å². The maximum Gasteiger partial charge on any atom is 0.322 e. The quantitative estimate of drug-likeness (QED) is 0.297. The van der Waals surface area contributed by atoms with Crippen molar-refractivity contribution in [2.75, 3.05) is 5.32 Å². The second kappa shape index (κ2) is 11.1. The fourth-order valence-corrected chi connectivity index (χ4v) is 4.90. The smallest absolute Gasteiger partial charge is 0.322 e. The monoisotopic (exact) mass is 476 g/mol. The molecule has 2 amide bonds. The molecule has 1 unspecified atom stereocenters. The minimum atomic E-state index is -0.0737. The molecule has 0 aromatic heterocycles. The Balaban J connectivity index is 1.36. The van der Waals surface area contributed by atoms with Crippen molar-refractivity contribution in [3.05, 3.63) is 131 Å². The summed E-state index contributed by atoms with van der Waals surface area (Å²) in [6.07, 6.45) is 3.09. The number of hydrogen-bond acceptors (Lipinski definition) is 2. The average Bonchev–Trinajstić information content (AvgIpc) is 2.93. The number of ether oxygens (including phenoxy) is 1. The Morgan fingerprint density at radius 2 is 1.58 bits per heavy atom. The first-order chi connectivity index (χ1) is 17.7. The summed E-state index contributed by atoms with van der Waals surface area (Å²) in [5.74, 6) is 0.821. The Hall–Kier alpha value is -4.05. The van der Waals surface area contributed by atoms with E-state index in [0.29, 0.717) is 13.2 Å². The molecule has 5 rings (SSSR count). The van der Waals surface area contributed by atoms with Gasteiger partial charge in [0, 0.05) is 12.2 Å². The maximum atomic E-state index is 13.7. The summed E-state index contributed by atoms with van der Waals surface area (Å²) in [6, 6.07) is 34.7. The molecule has 4 nitrogen and oxygen atoms in total. The highest BCUT2D eigenvalue weighted by Crippen LogP contribution is 2.36. The van der Waals surface area contributed by atoms with E-state index >= 15 is 0 Å². The van der Waals surface area contributed by atoms with Gasteiger partial charge >= 0.3 is 6.03 Å². The summed E-state index contributed by atoms with van der Waals surface area (Å²) < 4.78 is 5.96. The number of amides is 2. The van der Waals surface area contributed by atoms with Crippen molar-refractivity contribution in [1.82, 2.24) is 4.90 Å². The fraction of sp³-hybridized carbons (Fsp3) is 0.219. The van der Waals surface area contributed by atoms with Crippen molar-refractivity contribution >= 4 is 11.7 Å². The van der Waals surface area contributed by atoms with Gasteiger partial charge in [-0.2, -0.15) is 0 Å². The highest BCUT2D eigenvalue weighted by Gasteiger charge is 2.29. The third kappa shape index (κ3) is 5.60. The standard InChI is InChI=1S/C32H32N2O2/c1-24-10-5-8-16-30(24)33-32(35)34(31-17-9-14-27-13-6-7-15-29(27)31)22-25-18-20-28(21-19-25)36-23-26-11-3-2-4-12-26/h2-8,10-13,15-16,18-21,31H,9,14,17,22-23H2,1H3,(H,33,35). The van der Waals surface area contributed by atoms with Gasteiger partial charge in [0.1, 0.15) is 12.4 Å². The predicted molar refractivity (Wildman–Crippen MR) is 145 cm³/mol. The van der Waals surface area contributed by atoms with E-state index in [2.05, 4.69) is 53.8 Å². The summed E-state index contributed by atoms with van der Waals surface area (Å²) in [5.41, 5.74) is 6.70. The van der Waals surface area contributed by atoms with Gasteiger partial charge in [-0.15, -0.1) is 0 Å². The number of para-hydroxylation sites is 1. The summed E-state index contributed by atoms with van der Waals surface area (Å²) >= 11 is 0. The van der Waals surface area contributed by atoms with Crippen LogP contribution in [-0.4, -0.2) is 10.9 Å². The minimum absolute atomic E-state index is 0.0352. The van der Waals surface area contributed by atoms with Crippen molar-refractivity contribution in [2.45, 2.75) is 45.4 Å². The van der Waals surface area contributed by atoms with E-state index in [9.17, 15) is 4.79 Å². The van der Waals surface area contributed by atoms with Crippen LogP contribution in [0.15, 0.2) is 103 Å². The molecule has 0 fully saturated rings. The highest BCUT2D eigenvalue weighted by molar-refractivity contribution is 5.90. The molecule has 0 aliphatic heterocycles. The lowest BCUT2D eigenvalue weighted by Crippen LogP contribution is -2.39. The van der Waals surface area contributed by atoms with Gasteiger partial charge in [0.05, 0.1) is 6.04 Å². The second-order valence-corrected chi connectivity index (χ2v) is 9.40. The molecule has 1 aliphatic carbocycles. The van der Waals surface area contributed by atoms with Crippen LogP contribution in [0.4, 0.5) is 10.5 Å². The Labute approximate surface area is 213 Å². The van der Waals surface area contributed by atoms with Crippen LogP contribution >= 0.6 is 0 Å². The van der Waals surface area contributed by atoms with Crippen molar-refractivity contribution in [2.24, 2.45) is 0 Å². The van der Waals surface area contributed by atoms with Gasteiger partial charge in [0.15, 0.2) is 0 Å². The zero-order chi connectivity index (χ0) is 24.7. The number of benzene rings is 4. The average molecular weight is 477 g/mol. The maximum absolute atomic E-state index is 13.7. The van der Waals surface area contributed by atoms with E-state index in [-0.39, 0.29) is 12.1 Å². The molecule has 1 N–H and O–H groups in total. The van der Waals surface area contributed by atoms with Gasteiger partial charge in [0.25, 0.3) is 0 Å². The molecule has 1 aliphatic rings. The first kappa shape index (κ1) is 23.7. The van der Waals surface area contributed by atoms with Crippen LogP contribution < -0.4 is 10.1 Å². The topological polar surface area (TPSA) is 41.6 Å². The second-order valence-electron chi connectivity index (χ2n) is 9.40. The van der Waals surface area contributed by atoms with Crippen LogP contribution in [0.1, 0.15) is 46.7 Å². The molecule has 0 heterocycles. The molecule has 0 spiro atoms. The Morgan fingerprint density at radius 1 is 0.861 bits per heavy atom. The number of urea groups is 1. The number of aryl methyl sites for hydroxylation is 2. The number of fused-ring (bicyclic) bond motifs is 1. The summed E-state index contributed by atoms with van der Waals surface area (Å²) in [4.78, 5) is 15.7. The number of anilines is 1. The molecule has 4 aromatic carbocycles. The number of carbonyl (C=O) groups is 1. The number of nitrogens with one attached hydrogen (secondary N) is 1. The van der Waals surface area contributed by atoms with Gasteiger partial charge in [0.2, 0.25) is 0 Å². The van der Waals surface area contributed by atoms with Gasteiger partial charge in [-0.1, -0.05) is 84.9 Å². The molecule has 4 heteroatoms. The van der Waals surface area contributed by atoms with Crippen molar-refractivity contribution in [3.63, 3.8) is 0 Å². The van der Waals surface area contributed by atoms with Crippen LogP contribution in [0.25, 0.3) is 0 Å². The van der Waals surface area contributed by atoms with E-state index in [1.165, 1.54) is 11.1 Å². The van der Waals surface area contributed by atoms with Crippen LogP contribution in [0, 0.1) is 6.92 Å². The van der Waals surface area contributed by atoms with Crippen LogP contribution in [0.5, 0.6) is 5.75 Å². The normalized spacial score (nSPS) is 14.5. The Bertz CT molecular complexity index is 1300. The molecule has 0 saturated carbocycles. The van der Waals surface area contributed by atoms with Crippen LogP contribution in [-0.2, 0) is 19.6 Å². The van der Waals surface area contributed by atoms with Crippen LogP contribution in [0.2, 0.25) is 0 Å². The van der Waals surface area contributed by atoms with E-state index in [1.807, 2.05) is 66.4 Å². The van der Waals surface area contributed by atoms with Crippen molar-refractivity contribution < 1.29 is 9.53 Å². The Morgan fingerprint density at radius 3 is 2.39 bits per heavy atom. The molecule has 36 heavy (non-hydrogen) atoms. The molecule has 1 atom stereocenters. The number of carbonyl (C=O) groups excluding carboxylic acids is 1. The molecule has 0 saturated heterocycles. The summed E-state index contributed by atoms with van der Waals surface area (Å²) in [6.45, 7) is 3.07. The highest BCUT2D eigenvalue weighted by atomic mass is 16.5. The number of hydrogen-bond donors (Lipinski definition) is 1. The molecule has 0 radical (unpaired) electrons. The van der Waals surface area contributed by atoms with Gasteiger partial charge < -0.3 is 15.0 Å². The SMILES string of the molecule is Cc1ccccc1NC(=O)N(Cc1ccc(OCc2ccccc2)cc1)C1CCCc2ccccc21. The van der Waals surface area contributed by atoms with Crippen LogP contribution in [0.3, 0.4) is 0 Å². The fourth-order valence-electron chi connectivity index (χ4n) is 4.90. The van der Waals surface area contributed by atoms with Gasteiger partial charge in [-0.25, -0.2) is 4.79 Å². The Kier molecular flexibility index (Phi) is 7.32. The lowest BCUT2D eigenvalue weighted by Gasteiger charge is -2.36. The molecular weight excluding hydrogens is 444 g/mol. The predicted octanol–water partition coefficient (Wildman–Crippen LogP) is 7.69. The van der Waals surface area contributed by atoms with Gasteiger partial charge in [-0.3, -0.25) is 0 Å². The zero-order valence-corrected chi connectivity index (χ0v) is 20.7. The van der Waals surface area contributed by atoms with Gasteiger partial charge in [-0.05, 0) is 72.2 Å². The van der Waals surface area contributed by atoms with E-state index in [0.717, 1.165) is 47.4 Å². The van der Waals surface area contributed by atoms with Crippen molar-refractivity contribution in [1.29, 1.82) is 0 Å². The third-order valence-corrected chi connectivity index (χ3v) is 6.89. The van der Waals surface area contributed by atoms with E-state index in [1.54, 1.807) is 0 Å². The lowest BCUT2D eigenvalue weighted by molar-refractivity contribution is 0.175. The largest absolute Gasteiger partial charge is 0.489 e. The molecule has 4 aromatic rings. The van der Waals surface area contributed by atoms with E-state index < -0.39 is 0 Å². The number of rotatable bonds is 7. The zero-order valence-electron chi connectivity index (χ0n) is 20.7. The van der Waals surface area contributed by atoms with E-state index in [4.69, 9.17) is 4.74 Å². The molecule has 182 valence electrons. The minimum Gasteiger partial charge on any atom is -0.489 e. The lowest BCUT2D eigenvalue weighted by atomic mass is 9.86. The number of nitrogens with zero attached hydrogens (tertiary/aromatic N) is 1. The summed E-state index contributed by atoms with van der Waals surface area (Å²) in [5, 5.41) is 3.17. The molecular formula is C32H32N2O2. The summed E-state index contributed by atoms with van der Waals surface area (Å²) in [7, 11) is 0.